The molecule has 94 valence electrons. The Bertz CT molecular complexity index is 420. The first-order valence-electron chi connectivity index (χ1n) is 5.25. The summed E-state index contributed by atoms with van der Waals surface area (Å²) in [5.41, 5.74) is 0.516. The number of esters is 1. The number of benzene rings is 1. The molecule has 1 unspecified atom stereocenters. The molecule has 0 heterocycles. The van der Waals surface area contributed by atoms with Gasteiger partial charge in [-0.2, -0.15) is 0 Å². The van der Waals surface area contributed by atoms with Crippen molar-refractivity contribution in [3.05, 3.63) is 33.5 Å². The standard InChI is InChI=1S/C12H14BrFO3/c1-3-17-11(16)6-10(15)9-5-8(13)4-7(2)12(9)14/h4-5,10,15H,3,6H2,1-2H3. The maximum atomic E-state index is 13.7. The van der Waals surface area contributed by atoms with Crippen LogP contribution in [0.25, 0.3) is 0 Å². The van der Waals surface area contributed by atoms with Crippen LogP contribution in [0.5, 0.6) is 0 Å². The Balaban J connectivity index is 2.88. The number of aryl methyl sites for hydroxylation is 1. The third-order valence-electron chi connectivity index (χ3n) is 2.27. The summed E-state index contributed by atoms with van der Waals surface area (Å²) in [5, 5.41) is 9.79. The van der Waals surface area contributed by atoms with E-state index in [1.165, 1.54) is 6.07 Å². The van der Waals surface area contributed by atoms with E-state index in [9.17, 15) is 14.3 Å². The molecule has 1 rings (SSSR count). The van der Waals surface area contributed by atoms with Crippen molar-refractivity contribution in [1.82, 2.24) is 0 Å². The third-order valence-corrected chi connectivity index (χ3v) is 2.73. The molecule has 1 atom stereocenters. The van der Waals surface area contributed by atoms with E-state index in [4.69, 9.17) is 4.74 Å². The van der Waals surface area contributed by atoms with E-state index < -0.39 is 17.9 Å². The summed E-state index contributed by atoms with van der Waals surface area (Å²) >= 11 is 3.22. The van der Waals surface area contributed by atoms with Crippen LogP contribution >= 0.6 is 15.9 Å². The highest BCUT2D eigenvalue weighted by Gasteiger charge is 2.19. The molecule has 0 saturated carbocycles. The van der Waals surface area contributed by atoms with Crippen molar-refractivity contribution in [1.29, 1.82) is 0 Å². The Hall–Kier alpha value is -0.940. The van der Waals surface area contributed by atoms with E-state index in [1.54, 1.807) is 19.9 Å². The van der Waals surface area contributed by atoms with Gasteiger partial charge in [0.25, 0.3) is 0 Å². The minimum atomic E-state index is -1.19. The monoisotopic (exact) mass is 304 g/mol. The van der Waals surface area contributed by atoms with Crippen molar-refractivity contribution < 1.29 is 19.0 Å². The van der Waals surface area contributed by atoms with Gasteiger partial charge in [-0.3, -0.25) is 4.79 Å². The molecule has 1 aromatic rings. The first-order chi connectivity index (χ1) is 7.95. The normalized spacial score (nSPS) is 12.3. The quantitative estimate of drug-likeness (QED) is 0.870. The summed E-state index contributed by atoms with van der Waals surface area (Å²) in [6.45, 7) is 3.51. The fraction of sp³-hybridized carbons (Fsp3) is 0.417. The average molecular weight is 305 g/mol. The third kappa shape index (κ3) is 3.78. The number of rotatable bonds is 4. The molecule has 0 aliphatic heterocycles. The molecule has 0 aliphatic rings. The maximum Gasteiger partial charge on any atom is 0.308 e. The smallest absolute Gasteiger partial charge is 0.308 e. The largest absolute Gasteiger partial charge is 0.466 e. The van der Waals surface area contributed by atoms with Gasteiger partial charge in [-0.25, -0.2) is 4.39 Å². The van der Waals surface area contributed by atoms with Crippen molar-refractivity contribution in [2.75, 3.05) is 6.61 Å². The molecule has 0 radical (unpaired) electrons. The number of hydrogen-bond donors (Lipinski definition) is 1. The Morgan fingerprint density at radius 2 is 2.24 bits per heavy atom. The Labute approximate surface area is 108 Å². The summed E-state index contributed by atoms with van der Waals surface area (Å²) in [6.07, 6.45) is -1.44. The molecule has 1 aromatic carbocycles. The van der Waals surface area contributed by atoms with Crippen LogP contribution < -0.4 is 0 Å². The molecule has 0 bridgehead atoms. The Morgan fingerprint density at radius 1 is 1.59 bits per heavy atom. The van der Waals surface area contributed by atoms with Crippen LogP contribution in [0.3, 0.4) is 0 Å². The number of halogens is 2. The van der Waals surface area contributed by atoms with Gasteiger partial charge in [0.1, 0.15) is 5.82 Å². The second kappa shape index (κ2) is 6.12. The highest BCUT2D eigenvalue weighted by molar-refractivity contribution is 9.10. The van der Waals surface area contributed by atoms with Gasteiger partial charge in [0, 0.05) is 10.0 Å². The van der Waals surface area contributed by atoms with E-state index in [0.717, 1.165) is 0 Å². The minimum absolute atomic E-state index is 0.102. The van der Waals surface area contributed by atoms with E-state index in [2.05, 4.69) is 15.9 Å². The second-order valence-corrected chi connectivity index (χ2v) is 4.57. The molecule has 0 saturated heterocycles. The molecule has 1 N–H and O–H groups in total. The molecule has 0 spiro atoms. The summed E-state index contributed by atoms with van der Waals surface area (Å²) in [5.74, 6) is -1.04. The summed E-state index contributed by atoms with van der Waals surface area (Å²) in [4.78, 5) is 11.2. The van der Waals surface area contributed by atoms with E-state index in [-0.39, 0.29) is 18.6 Å². The summed E-state index contributed by atoms with van der Waals surface area (Å²) in [6, 6.07) is 3.07. The molecule has 17 heavy (non-hydrogen) atoms. The van der Waals surface area contributed by atoms with Crippen LogP contribution in [0.15, 0.2) is 16.6 Å². The van der Waals surface area contributed by atoms with Gasteiger partial charge in [0.15, 0.2) is 0 Å². The van der Waals surface area contributed by atoms with Gasteiger partial charge in [-0.1, -0.05) is 15.9 Å². The lowest BCUT2D eigenvalue weighted by Gasteiger charge is -2.13. The number of carbonyl (C=O) groups excluding carboxylic acids is 1. The molecular formula is C12H14BrFO3. The molecule has 0 aromatic heterocycles. The Morgan fingerprint density at radius 3 is 2.82 bits per heavy atom. The first kappa shape index (κ1) is 14.1. The zero-order valence-corrected chi connectivity index (χ0v) is 11.3. The van der Waals surface area contributed by atoms with Crippen LogP contribution in [-0.4, -0.2) is 17.7 Å². The first-order valence-corrected chi connectivity index (χ1v) is 6.04. The predicted octanol–water partition coefficient (Wildman–Crippen LogP) is 2.88. The highest BCUT2D eigenvalue weighted by atomic mass is 79.9. The van der Waals surface area contributed by atoms with Gasteiger partial charge in [0.05, 0.1) is 19.1 Å². The zero-order chi connectivity index (χ0) is 13.0. The number of ether oxygens (including phenoxy) is 1. The molecule has 0 aliphatic carbocycles. The summed E-state index contributed by atoms with van der Waals surface area (Å²) < 4.78 is 19.1. The number of carbonyl (C=O) groups is 1. The van der Waals surface area contributed by atoms with E-state index in [0.29, 0.717) is 10.0 Å². The van der Waals surface area contributed by atoms with Crippen molar-refractivity contribution in [3.63, 3.8) is 0 Å². The van der Waals surface area contributed by atoms with Crippen LogP contribution in [-0.2, 0) is 9.53 Å². The number of aliphatic hydroxyl groups is 1. The molecule has 0 amide bonds. The lowest BCUT2D eigenvalue weighted by molar-refractivity contribution is -0.145. The average Bonchev–Trinajstić information content (AvgIpc) is 2.23. The molecule has 5 heteroatoms. The fourth-order valence-electron chi connectivity index (χ4n) is 1.48. The van der Waals surface area contributed by atoms with Crippen molar-refractivity contribution >= 4 is 21.9 Å². The van der Waals surface area contributed by atoms with Crippen molar-refractivity contribution in [2.45, 2.75) is 26.4 Å². The van der Waals surface area contributed by atoms with Gasteiger partial charge in [-0.05, 0) is 31.5 Å². The van der Waals surface area contributed by atoms with Crippen LogP contribution in [0.1, 0.15) is 30.6 Å². The Kier molecular flexibility index (Phi) is 5.08. The minimum Gasteiger partial charge on any atom is -0.466 e. The second-order valence-electron chi connectivity index (χ2n) is 3.65. The van der Waals surface area contributed by atoms with E-state index in [1.807, 2.05) is 0 Å². The van der Waals surface area contributed by atoms with Crippen molar-refractivity contribution in [3.8, 4) is 0 Å². The van der Waals surface area contributed by atoms with Gasteiger partial charge < -0.3 is 9.84 Å². The molecule has 0 fully saturated rings. The zero-order valence-electron chi connectivity index (χ0n) is 9.67. The predicted molar refractivity (Wildman–Crippen MR) is 65.0 cm³/mol. The molecule has 3 nitrogen and oxygen atoms in total. The lowest BCUT2D eigenvalue weighted by atomic mass is 10.0. The van der Waals surface area contributed by atoms with Crippen LogP contribution in [0.4, 0.5) is 4.39 Å². The topological polar surface area (TPSA) is 46.5 Å². The van der Waals surface area contributed by atoms with Crippen LogP contribution in [0.2, 0.25) is 0 Å². The lowest BCUT2D eigenvalue weighted by Crippen LogP contribution is -2.11. The SMILES string of the molecule is CCOC(=O)CC(O)c1cc(Br)cc(C)c1F. The van der Waals surface area contributed by atoms with Gasteiger partial charge >= 0.3 is 5.97 Å². The van der Waals surface area contributed by atoms with Crippen molar-refractivity contribution in [2.24, 2.45) is 0 Å². The van der Waals surface area contributed by atoms with Gasteiger partial charge in [-0.15, -0.1) is 0 Å². The van der Waals surface area contributed by atoms with Crippen LogP contribution in [0, 0.1) is 12.7 Å². The number of aliphatic hydroxyl groups excluding tert-OH is 1. The summed E-state index contributed by atoms with van der Waals surface area (Å²) in [7, 11) is 0. The van der Waals surface area contributed by atoms with E-state index >= 15 is 0 Å². The van der Waals surface area contributed by atoms with Gasteiger partial charge in [0.2, 0.25) is 0 Å². The number of hydrogen-bond acceptors (Lipinski definition) is 3. The maximum absolute atomic E-state index is 13.7. The highest BCUT2D eigenvalue weighted by Crippen LogP contribution is 2.26. The molecular weight excluding hydrogens is 291 g/mol. The fourth-order valence-corrected chi connectivity index (χ4v) is 2.07.